The predicted molar refractivity (Wildman–Crippen MR) is 71.6 cm³/mol. The van der Waals surface area contributed by atoms with E-state index in [1.54, 1.807) is 18.2 Å². The first kappa shape index (κ1) is 14.5. The minimum atomic E-state index is -4.35. The molecule has 2 nitrogen and oxygen atoms in total. The highest BCUT2D eigenvalue weighted by atomic mass is 35.5. The average molecular weight is 302 g/mol. The van der Waals surface area contributed by atoms with Crippen LogP contribution in [0.15, 0.2) is 42.5 Å². The van der Waals surface area contributed by atoms with Crippen molar-refractivity contribution >= 4 is 17.3 Å². The molecule has 6 heteroatoms. The van der Waals surface area contributed by atoms with Crippen molar-refractivity contribution < 1.29 is 17.9 Å². The summed E-state index contributed by atoms with van der Waals surface area (Å²) in [5, 5.41) is 0.492. The molecule has 20 heavy (non-hydrogen) atoms. The van der Waals surface area contributed by atoms with E-state index in [2.05, 4.69) is 0 Å². The Balaban J connectivity index is 2.06. The summed E-state index contributed by atoms with van der Waals surface area (Å²) >= 11 is 5.96. The van der Waals surface area contributed by atoms with Crippen LogP contribution in [0.2, 0.25) is 5.02 Å². The fraction of sp³-hybridized carbons (Fsp3) is 0.143. The molecular weight excluding hydrogens is 291 g/mol. The quantitative estimate of drug-likeness (QED) is 0.846. The Kier molecular flexibility index (Phi) is 4.09. The van der Waals surface area contributed by atoms with Gasteiger partial charge in [0, 0.05) is 16.3 Å². The molecule has 2 aromatic rings. The maximum absolute atomic E-state index is 12.4. The van der Waals surface area contributed by atoms with Gasteiger partial charge in [-0.1, -0.05) is 11.6 Å². The third kappa shape index (κ3) is 3.57. The molecule has 106 valence electrons. The first-order valence-corrected chi connectivity index (χ1v) is 6.08. The number of hydrogen-bond acceptors (Lipinski definition) is 2. The molecule has 2 N–H and O–H groups in total. The van der Waals surface area contributed by atoms with Gasteiger partial charge >= 0.3 is 6.18 Å². The molecular formula is C14H11ClF3NO. The molecule has 0 spiro atoms. The van der Waals surface area contributed by atoms with Gasteiger partial charge in [0.2, 0.25) is 0 Å². The number of rotatable bonds is 3. The van der Waals surface area contributed by atoms with Gasteiger partial charge in [0.15, 0.2) is 0 Å². The first-order valence-electron chi connectivity index (χ1n) is 5.70. The summed E-state index contributed by atoms with van der Waals surface area (Å²) in [5.74, 6) is 0.330. The van der Waals surface area contributed by atoms with Crippen molar-refractivity contribution in [3.05, 3.63) is 58.6 Å². The second kappa shape index (κ2) is 5.63. The maximum atomic E-state index is 12.4. The van der Waals surface area contributed by atoms with Crippen LogP contribution in [0.3, 0.4) is 0 Å². The number of anilines is 1. The molecule has 0 atom stereocenters. The van der Waals surface area contributed by atoms with E-state index in [-0.39, 0.29) is 6.61 Å². The van der Waals surface area contributed by atoms with Crippen molar-refractivity contribution in [2.45, 2.75) is 12.8 Å². The van der Waals surface area contributed by atoms with E-state index in [4.69, 9.17) is 22.1 Å². The number of nitrogen functional groups attached to an aromatic ring is 1. The summed E-state index contributed by atoms with van der Waals surface area (Å²) in [6.07, 6.45) is -4.35. The molecule has 0 amide bonds. The smallest absolute Gasteiger partial charge is 0.416 e. The molecule has 0 aromatic heterocycles. The lowest BCUT2D eigenvalue weighted by Gasteiger charge is -2.10. The van der Waals surface area contributed by atoms with E-state index < -0.39 is 11.7 Å². The van der Waals surface area contributed by atoms with Gasteiger partial charge in [-0.05, 0) is 42.5 Å². The average Bonchev–Trinajstić information content (AvgIpc) is 2.39. The lowest BCUT2D eigenvalue weighted by molar-refractivity contribution is -0.137. The van der Waals surface area contributed by atoms with E-state index in [9.17, 15) is 13.2 Å². The number of ether oxygens (including phenoxy) is 1. The molecule has 0 radical (unpaired) electrons. The van der Waals surface area contributed by atoms with Gasteiger partial charge in [-0.25, -0.2) is 0 Å². The molecule has 0 aliphatic carbocycles. The first-order chi connectivity index (χ1) is 9.36. The third-order valence-corrected chi connectivity index (χ3v) is 3.01. The van der Waals surface area contributed by atoms with Gasteiger partial charge < -0.3 is 10.5 Å². The number of nitrogens with two attached hydrogens (primary N) is 1. The fourth-order valence-corrected chi connectivity index (χ4v) is 1.78. The molecule has 0 aliphatic heterocycles. The van der Waals surface area contributed by atoms with Gasteiger partial charge in [0.25, 0.3) is 0 Å². The fourth-order valence-electron chi connectivity index (χ4n) is 1.61. The second-order valence-corrected chi connectivity index (χ2v) is 4.57. The summed E-state index contributed by atoms with van der Waals surface area (Å²) in [5.41, 5.74) is 6.12. The minimum Gasteiger partial charge on any atom is -0.489 e. The number of halogens is 4. The standard InChI is InChI=1S/C14H11ClF3NO/c15-13-6-3-11(19)7-9(13)8-20-12-4-1-10(2-5-12)14(16,17)18/h1-7H,8,19H2. The molecule has 2 aromatic carbocycles. The Hall–Kier alpha value is -1.88. The highest BCUT2D eigenvalue weighted by Gasteiger charge is 2.29. The molecule has 0 unspecified atom stereocenters. The summed E-state index contributed by atoms with van der Waals surface area (Å²) < 4.78 is 42.6. The van der Waals surface area contributed by atoms with Crippen molar-refractivity contribution in [2.75, 3.05) is 5.73 Å². The van der Waals surface area contributed by atoms with Crippen LogP contribution in [0.25, 0.3) is 0 Å². The Bertz CT molecular complexity index is 596. The van der Waals surface area contributed by atoms with E-state index >= 15 is 0 Å². The van der Waals surface area contributed by atoms with Crippen molar-refractivity contribution in [3.63, 3.8) is 0 Å². The van der Waals surface area contributed by atoms with Crippen molar-refractivity contribution in [2.24, 2.45) is 0 Å². The van der Waals surface area contributed by atoms with Crippen LogP contribution in [-0.4, -0.2) is 0 Å². The predicted octanol–water partition coefficient (Wildman–Crippen LogP) is 4.52. The van der Waals surface area contributed by atoms with E-state index in [1.807, 2.05) is 0 Å². The van der Waals surface area contributed by atoms with Crippen LogP contribution >= 0.6 is 11.6 Å². The zero-order valence-corrected chi connectivity index (χ0v) is 11.0. The van der Waals surface area contributed by atoms with Gasteiger partial charge in [0.05, 0.1) is 5.56 Å². The van der Waals surface area contributed by atoms with E-state index in [0.717, 1.165) is 12.1 Å². The van der Waals surface area contributed by atoms with Gasteiger partial charge in [-0.3, -0.25) is 0 Å². The van der Waals surface area contributed by atoms with Crippen molar-refractivity contribution in [1.82, 2.24) is 0 Å². The molecule has 0 saturated carbocycles. The lowest BCUT2D eigenvalue weighted by atomic mass is 10.2. The van der Waals surface area contributed by atoms with Crippen molar-refractivity contribution in [1.29, 1.82) is 0 Å². The van der Waals surface area contributed by atoms with Crippen molar-refractivity contribution in [3.8, 4) is 5.75 Å². The van der Waals surface area contributed by atoms with Crippen LogP contribution in [0.1, 0.15) is 11.1 Å². The summed E-state index contributed by atoms with van der Waals surface area (Å²) in [7, 11) is 0. The highest BCUT2D eigenvalue weighted by molar-refractivity contribution is 6.31. The molecule has 2 rings (SSSR count). The largest absolute Gasteiger partial charge is 0.489 e. The summed E-state index contributed by atoms with van der Waals surface area (Å²) in [6, 6.07) is 9.43. The second-order valence-electron chi connectivity index (χ2n) is 4.16. The van der Waals surface area contributed by atoms with Crippen LogP contribution in [0.4, 0.5) is 18.9 Å². The zero-order chi connectivity index (χ0) is 14.8. The summed E-state index contributed by atoms with van der Waals surface area (Å²) in [6.45, 7) is 0.134. The Morgan fingerprint density at radius 1 is 1.05 bits per heavy atom. The Labute approximate surface area is 118 Å². The molecule has 0 fully saturated rings. The van der Waals surface area contributed by atoms with Gasteiger partial charge in [0.1, 0.15) is 12.4 Å². The lowest BCUT2D eigenvalue weighted by Crippen LogP contribution is -2.04. The molecule has 0 bridgehead atoms. The Morgan fingerprint density at radius 2 is 1.70 bits per heavy atom. The summed E-state index contributed by atoms with van der Waals surface area (Å²) in [4.78, 5) is 0. The maximum Gasteiger partial charge on any atom is 0.416 e. The molecule has 0 aliphatic rings. The minimum absolute atomic E-state index is 0.134. The molecule has 0 saturated heterocycles. The van der Waals surface area contributed by atoms with Gasteiger partial charge in [-0.15, -0.1) is 0 Å². The SMILES string of the molecule is Nc1ccc(Cl)c(COc2ccc(C(F)(F)F)cc2)c1. The third-order valence-electron chi connectivity index (χ3n) is 2.65. The van der Waals surface area contributed by atoms with E-state index in [1.165, 1.54) is 12.1 Å². The molecule has 0 heterocycles. The topological polar surface area (TPSA) is 35.2 Å². The number of alkyl halides is 3. The normalized spacial score (nSPS) is 11.4. The van der Waals surface area contributed by atoms with Gasteiger partial charge in [-0.2, -0.15) is 13.2 Å². The van der Waals surface area contributed by atoms with Crippen LogP contribution in [-0.2, 0) is 12.8 Å². The zero-order valence-electron chi connectivity index (χ0n) is 10.2. The van der Waals surface area contributed by atoms with Crippen LogP contribution < -0.4 is 10.5 Å². The van der Waals surface area contributed by atoms with Crippen LogP contribution in [0, 0.1) is 0 Å². The number of benzene rings is 2. The van der Waals surface area contributed by atoms with Crippen LogP contribution in [0.5, 0.6) is 5.75 Å². The van der Waals surface area contributed by atoms with E-state index in [0.29, 0.717) is 22.0 Å². The number of hydrogen-bond donors (Lipinski definition) is 1. The monoisotopic (exact) mass is 301 g/mol. The Morgan fingerprint density at radius 3 is 2.30 bits per heavy atom. The highest BCUT2D eigenvalue weighted by Crippen LogP contribution is 2.30.